The van der Waals surface area contributed by atoms with Gasteiger partial charge in [-0.05, 0) is 61.3 Å². The minimum atomic E-state index is -0.000386. The van der Waals surface area contributed by atoms with E-state index in [1.807, 2.05) is 11.9 Å². The third-order valence-electron chi connectivity index (χ3n) is 8.20. The smallest absolute Gasteiger partial charge is 0.230 e. The van der Waals surface area contributed by atoms with E-state index in [9.17, 15) is 4.79 Å². The molecule has 4 aliphatic rings. The average molecular weight is 418 g/mol. The van der Waals surface area contributed by atoms with Crippen LogP contribution in [0.15, 0.2) is 42.5 Å². The molecule has 2 N–H and O–H groups in total. The van der Waals surface area contributed by atoms with E-state index >= 15 is 0 Å². The molecule has 0 radical (unpaired) electrons. The van der Waals surface area contributed by atoms with Crippen LogP contribution in [-0.4, -0.2) is 32.1 Å². The molecule has 3 aliphatic heterocycles. The number of ether oxygens (including phenoxy) is 1. The van der Waals surface area contributed by atoms with E-state index in [4.69, 9.17) is 4.74 Å². The van der Waals surface area contributed by atoms with E-state index < -0.39 is 0 Å². The average Bonchev–Trinajstić information content (AvgIpc) is 3.54. The molecule has 3 fully saturated rings. The molecule has 162 valence electrons. The molecule has 4 unspecified atom stereocenters. The number of anilines is 1. The third-order valence-corrected chi connectivity index (χ3v) is 8.20. The summed E-state index contributed by atoms with van der Waals surface area (Å²) >= 11 is 0. The molecule has 0 aromatic heterocycles. The van der Waals surface area contributed by atoms with E-state index in [1.54, 1.807) is 7.11 Å². The van der Waals surface area contributed by atoms with E-state index in [2.05, 4.69) is 53.1 Å². The first kappa shape index (κ1) is 19.3. The Labute approximate surface area is 184 Å². The number of nitrogens with one attached hydrogen (secondary N) is 2. The first-order valence-corrected chi connectivity index (χ1v) is 11.7. The monoisotopic (exact) mass is 417 g/mol. The summed E-state index contributed by atoms with van der Waals surface area (Å²) in [7, 11) is 3.66. The van der Waals surface area contributed by atoms with Crippen LogP contribution in [0.5, 0.6) is 5.75 Å². The van der Waals surface area contributed by atoms with Gasteiger partial charge >= 0.3 is 0 Å². The molecule has 6 rings (SSSR count). The first-order valence-electron chi connectivity index (χ1n) is 11.7. The fourth-order valence-electron chi connectivity index (χ4n) is 6.41. The van der Waals surface area contributed by atoms with Crippen LogP contribution in [0, 0.1) is 5.92 Å². The molecule has 1 aliphatic carbocycles. The summed E-state index contributed by atoms with van der Waals surface area (Å²) in [5.41, 5.74) is 4.84. The van der Waals surface area contributed by atoms with Crippen LogP contribution in [0.25, 0.3) is 0 Å². The minimum absolute atomic E-state index is 0.000386. The van der Waals surface area contributed by atoms with Gasteiger partial charge in [-0.15, -0.1) is 0 Å². The van der Waals surface area contributed by atoms with Crippen molar-refractivity contribution in [1.82, 2.24) is 10.6 Å². The molecule has 2 aromatic rings. The van der Waals surface area contributed by atoms with Gasteiger partial charge in [0, 0.05) is 42.8 Å². The summed E-state index contributed by atoms with van der Waals surface area (Å²) in [5.74, 6) is 1.76. The van der Waals surface area contributed by atoms with Gasteiger partial charge in [-0.25, -0.2) is 0 Å². The van der Waals surface area contributed by atoms with Crippen LogP contribution < -0.4 is 20.3 Å². The van der Waals surface area contributed by atoms with Gasteiger partial charge in [-0.1, -0.05) is 30.3 Å². The van der Waals surface area contributed by atoms with Gasteiger partial charge in [-0.3, -0.25) is 4.79 Å². The normalized spacial score (nSPS) is 33.1. The molecule has 1 saturated carbocycles. The highest BCUT2D eigenvalue weighted by molar-refractivity contribution is 6.01. The molecule has 5 nitrogen and oxygen atoms in total. The second-order valence-corrected chi connectivity index (χ2v) is 9.80. The molecule has 3 heterocycles. The Hall–Kier alpha value is -2.37. The summed E-state index contributed by atoms with van der Waals surface area (Å²) in [6.45, 7) is 0.734. The second-order valence-electron chi connectivity index (χ2n) is 9.80. The van der Waals surface area contributed by atoms with E-state index in [-0.39, 0.29) is 17.4 Å². The van der Waals surface area contributed by atoms with Gasteiger partial charge in [0.05, 0.1) is 12.6 Å². The summed E-state index contributed by atoms with van der Waals surface area (Å²) in [6.07, 6.45) is 5.77. The van der Waals surface area contributed by atoms with Crippen molar-refractivity contribution >= 4 is 11.6 Å². The fourth-order valence-corrected chi connectivity index (χ4v) is 6.41. The first-order chi connectivity index (χ1) is 15.1. The molecule has 0 spiro atoms. The molecule has 2 aromatic carbocycles. The summed E-state index contributed by atoms with van der Waals surface area (Å²) in [4.78, 5) is 14.4. The molecular formula is C26H31N3O2. The van der Waals surface area contributed by atoms with Crippen molar-refractivity contribution in [3.05, 3.63) is 59.2 Å². The molecule has 31 heavy (non-hydrogen) atoms. The number of methoxy groups -OCH3 is 1. The molecule has 1 amide bonds. The Bertz CT molecular complexity index is 1020. The minimum Gasteiger partial charge on any atom is -0.496 e. The van der Waals surface area contributed by atoms with Crippen molar-refractivity contribution in [3.63, 3.8) is 0 Å². The largest absolute Gasteiger partial charge is 0.496 e. The Kier molecular flexibility index (Phi) is 4.41. The van der Waals surface area contributed by atoms with Crippen LogP contribution in [0.4, 0.5) is 5.69 Å². The molecule has 5 heteroatoms. The van der Waals surface area contributed by atoms with Crippen LogP contribution in [-0.2, 0) is 16.9 Å². The number of carbonyl (C=O) groups is 1. The van der Waals surface area contributed by atoms with Crippen molar-refractivity contribution in [2.24, 2.45) is 5.92 Å². The van der Waals surface area contributed by atoms with Gasteiger partial charge in [-0.2, -0.15) is 0 Å². The maximum atomic E-state index is 12.6. The quantitative estimate of drug-likeness (QED) is 0.779. The zero-order valence-corrected chi connectivity index (χ0v) is 18.4. The van der Waals surface area contributed by atoms with Crippen molar-refractivity contribution in [1.29, 1.82) is 0 Å². The van der Waals surface area contributed by atoms with Gasteiger partial charge in [0.15, 0.2) is 0 Å². The van der Waals surface area contributed by atoms with Gasteiger partial charge in [0.25, 0.3) is 0 Å². The summed E-state index contributed by atoms with van der Waals surface area (Å²) < 4.78 is 5.79. The predicted molar refractivity (Wildman–Crippen MR) is 121 cm³/mol. The SMILES string of the molecule is COc1cc2c(cc1CNC1CCC3CCC1(c1ccccc1)N3)N(C)C(=O)[C@@H]1CC21. The van der Waals surface area contributed by atoms with Crippen molar-refractivity contribution in [3.8, 4) is 5.75 Å². The highest BCUT2D eigenvalue weighted by Gasteiger charge is 2.51. The lowest BCUT2D eigenvalue weighted by atomic mass is 9.79. The van der Waals surface area contributed by atoms with Gasteiger partial charge in [0.2, 0.25) is 5.91 Å². The number of benzene rings is 2. The maximum Gasteiger partial charge on any atom is 0.230 e. The molecular weight excluding hydrogens is 386 g/mol. The molecule has 2 bridgehead atoms. The topological polar surface area (TPSA) is 53.6 Å². The molecule has 2 saturated heterocycles. The highest BCUT2D eigenvalue weighted by atomic mass is 16.5. The number of rotatable bonds is 5. The van der Waals surface area contributed by atoms with Crippen LogP contribution in [0.3, 0.4) is 0 Å². The Morgan fingerprint density at radius 2 is 2.00 bits per heavy atom. The van der Waals surface area contributed by atoms with Crippen molar-refractivity contribution < 1.29 is 9.53 Å². The number of nitrogens with zero attached hydrogens (tertiary/aromatic N) is 1. The Morgan fingerprint density at radius 1 is 1.16 bits per heavy atom. The number of hydrogen-bond acceptors (Lipinski definition) is 4. The van der Waals surface area contributed by atoms with Gasteiger partial charge in [0.1, 0.15) is 5.75 Å². The van der Waals surface area contributed by atoms with Crippen molar-refractivity contribution in [2.45, 2.75) is 62.2 Å². The van der Waals surface area contributed by atoms with Gasteiger partial charge < -0.3 is 20.3 Å². The van der Waals surface area contributed by atoms with E-state index in [0.717, 1.165) is 30.0 Å². The highest BCUT2D eigenvalue weighted by Crippen LogP contribution is 2.56. The van der Waals surface area contributed by atoms with Crippen molar-refractivity contribution in [2.75, 3.05) is 19.1 Å². The van der Waals surface area contributed by atoms with E-state index in [1.165, 1.54) is 36.8 Å². The van der Waals surface area contributed by atoms with E-state index in [0.29, 0.717) is 18.0 Å². The lowest BCUT2D eigenvalue weighted by Gasteiger charge is -2.43. The second kappa shape index (κ2) is 7.07. The number of fused-ring (bicyclic) bond motifs is 5. The summed E-state index contributed by atoms with van der Waals surface area (Å²) in [5, 5.41) is 7.85. The van der Waals surface area contributed by atoms with Crippen LogP contribution in [0.2, 0.25) is 0 Å². The zero-order chi connectivity index (χ0) is 21.2. The maximum absolute atomic E-state index is 12.6. The fraction of sp³-hybridized carbons (Fsp3) is 0.500. The van der Waals surface area contributed by atoms with Crippen LogP contribution >= 0.6 is 0 Å². The lowest BCUT2D eigenvalue weighted by molar-refractivity contribution is -0.119. The Morgan fingerprint density at radius 3 is 2.81 bits per heavy atom. The zero-order valence-electron chi connectivity index (χ0n) is 18.4. The molecule has 5 atom stereocenters. The predicted octanol–water partition coefficient (Wildman–Crippen LogP) is 3.67. The van der Waals surface area contributed by atoms with Crippen LogP contribution in [0.1, 0.15) is 54.7 Å². The Balaban J connectivity index is 1.29. The number of amides is 1. The third kappa shape index (κ3) is 2.94. The number of hydrogen-bond donors (Lipinski definition) is 2. The summed E-state index contributed by atoms with van der Waals surface area (Å²) in [6, 6.07) is 16.3. The standard InChI is InChI=1S/C26H31N3O2/c1-29-22-12-16(23(31-2)14-20(22)19-13-21(19)25(29)30)15-27-24-9-8-18-10-11-26(24,28-18)17-6-4-3-5-7-17/h3-7,12,14,18-19,21,24,27-28H,8-11,13,15H2,1-2H3/t18?,19?,21-,24?,26?/m1/s1. The number of carbonyl (C=O) groups excluding carboxylic acids is 1. The number of piperidine rings is 1. The lowest BCUT2D eigenvalue weighted by Crippen LogP contribution is -2.58.